The second-order valence-electron chi connectivity index (χ2n) is 3.67. The molecule has 0 spiro atoms. The van der Waals surface area contributed by atoms with Crippen molar-refractivity contribution in [2.24, 2.45) is 5.92 Å². The third kappa shape index (κ3) is 3.13. The van der Waals surface area contributed by atoms with Crippen molar-refractivity contribution in [1.82, 2.24) is 4.98 Å². The lowest BCUT2D eigenvalue weighted by molar-refractivity contribution is 0.339. The van der Waals surface area contributed by atoms with E-state index in [2.05, 4.69) is 11.1 Å². The largest absolute Gasteiger partial charge is 0.490 e. The summed E-state index contributed by atoms with van der Waals surface area (Å²) in [6, 6.07) is 5.94. The lowest BCUT2D eigenvalue weighted by Gasteiger charge is -2.21. The Labute approximate surface area is 96.5 Å². The summed E-state index contributed by atoms with van der Waals surface area (Å²) in [7, 11) is 1.92. The monoisotopic (exact) mass is 219 g/mol. The molecule has 0 amide bonds. The first kappa shape index (κ1) is 12.3. The number of rotatable bonds is 5. The number of nitriles is 1. The molecule has 0 saturated carbocycles. The molecule has 4 nitrogen and oxygen atoms in total. The Morgan fingerprint density at radius 1 is 1.62 bits per heavy atom. The van der Waals surface area contributed by atoms with Gasteiger partial charge in [-0.1, -0.05) is 0 Å². The Hall–Kier alpha value is -1.76. The van der Waals surface area contributed by atoms with Crippen LogP contribution in [0.1, 0.15) is 13.8 Å². The van der Waals surface area contributed by atoms with Gasteiger partial charge in [-0.15, -0.1) is 0 Å². The van der Waals surface area contributed by atoms with E-state index in [1.54, 1.807) is 6.20 Å². The summed E-state index contributed by atoms with van der Waals surface area (Å²) in [5.41, 5.74) is 0. The highest BCUT2D eigenvalue weighted by atomic mass is 16.5. The molecule has 1 heterocycles. The molecule has 0 radical (unpaired) electrons. The molecule has 4 heteroatoms. The van der Waals surface area contributed by atoms with E-state index in [-0.39, 0.29) is 5.92 Å². The van der Waals surface area contributed by atoms with Crippen molar-refractivity contribution in [1.29, 1.82) is 5.26 Å². The maximum absolute atomic E-state index is 8.77. The fourth-order valence-corrected chi connectivity index (χ4v) is 1.48. The highest BCUT2D eigenvalue weighted by Crippen LogP contribution is 2.24. The van der Waals surface area contributed by atoms with Crippen LogP contribution in [-0.2, 0) is 0 Å². The second-order valence-corrected chi connectivity index (χ2v) is 3.67. The molecule has 86 valence electrons. The third-order valence-electron chi connectivity index (χ3n) is 2.18. The Morgan fingerprint density at radius 3 is 3.00 bits per heavy atom. The summed E-state index contributed by atoms with van der Waals surface area (Å²) in [6.07, 6.45) is 1.73. The number of pyridine rings is 1. The number of ether oxygens (including phenoxy) is 1. The predicted molar refractivity (Wildman–Crippen MR) is 63.5 cm³/mol. The van der Waals surface area contributed by atoms with Crippen molar-refractivity contribution in [3.8, 4) is 11.8 Å². The fourth-order valence-electron chi connectivity index (χ4n) is 1.48. The van der Waals surface area contributed by atoms with Crippen LogP contribution in [0.15, 0.2) is 18.3 Å². The van der Waals surface area contributed by atoms with Crippen LogP contribution in [0, 0.1) is 17.2 Å². The molecule has 0 aromatic carbocycles. The molecular formula is C12H17N3O. The van der Waals surface area contributed by atoms with Gasteiger partial charge in [0.05, 0.1) is 18.6 Å². The number of anilines is 1. The van der Waals surface area contributed by atoms with E-state index in [4.69, 9.17) is 10.00 Å². The predicted octanol–water partition coefficient (Wildman–Crippen LogP) is 2.08. The van der Waals surface area contributed by atoms with Crippen LogP contribution in [-0.4, -0.2) is 25.2 Å². The quantitative estimate of drug-likeness (QED) is 0.760. The zero-order valence-electron chi connectivity index (χ0n) is 9.97. The number of hydrogen-bond donors (Lipinski definition) is 0. The molecule has 0 aliphatic carbocycles. The Kier molecular flexibility index (Phi) is 4.59. The van der Waals surface area contributed by atoms with E-state index in [0.29, 0.717) is 13.2 Å². The first-order chi connectivity index (χ1) is 7.69. The van der Waals surface area contributed by atoms with E-state index < -0.39 is 0 Å². The lowest BCUT2D eigenvalue weighted by atomic mass is 10.2. The molecule has 0 bridgehead atoms. The van der Waals surface area contributed by atoms with Gasteiger partial charge in [0.25, 0.3) is 0 Å². The minimum atomic E-state index is -0.0264. The van der Waals surface area contributed by atoms with Crippen molar-refractivity contribution in [2.75, 3.05) is 25.1 Å². The van der Waals surface area contributed by atoms with E-state index in [0.717, 1.165) is 11.6 Å². The van der Waals surface area contributed by atoms with Crippen molar-refractivity contribution >= 4 is 5.82 Å². The standard InChI is InChI=1S/C12H17N3O/c1-4-16-11-6-5-7-14-12(11)15(3)9-10(2)8-13/h5-7,10H,4,9H2,1-3H3. The summed E-state index contributed by atoms with van der Waals surface area (Å²) in [5.74, 6) is 1.52. The van der Waals surface area contributed by atoms with Crippen molar-refractivity contribution in [2.45, 2.75) is 13.8 Å². The highest BCUT2D eigenvalue weighted by molar-refractivity contribution is 5.51. The molecule has 1 rings (SSSR count). The highest BCUT2D eigenvalue weighted by Gasteiger charge is 2.11. The smallest absolute Gasteiger partial charge is 0.171 e. The van der Waals surface area contributed by atoms with Crippen LogP contribution in [0.3, 0.4) is 0 Å². The summed E-state index contributed by atoms with van der Waals surface area (Å²) < 4.78 is 5.49. The van der Waals surface area contributed by atoms with E-state index in [9.17, 15) is 0 Å². The van der Waals surface area contributed by atoms with E-state index >= 15 is 0 Å². The average Bonchev–Trinajstić information content (AvgIpc) is 2.30. The van der Waals surface area contributed by atoms with Crippen molar-refractivity contribution in [3.05, 3.63) is 18.3 Å². The number of aromatic nitrogens is 1. The number of nitrogens with zero attached hydrogens (tertiary/aromatic N) is 3. The molecule has 16 heavy (non-hydrogen) atoms. The fraction of sp³-hybridized carbons (Fsp3) is 0.500. The van der Waals surface area contributed by atoms with Crippen LogP contribution in [0.25, 0.3) is 0 Å². The van der Waals surface area contributed by atoms with E-state index in [1.807, 2.05) is 37.9 Å². The summed E-state index contributed by atoms with van der Waals surface area (Å²) >= 11 is 0. The number of hydrogen-bond acceptors (Lipinski definition) is 4. The van der Waals surface area contributed by atoms with Gasteiger partial charge in [0.2, 0.25) is 0 Å². The van der Waals surface area contributed by atoms with Crippen LogP contribution in [0.2, 0.25) is 0 Å². The minimum absolute atomic E-state index is 0.0264. The van der Waals surface area contributed by atoms with Gasteiger partial charge in [0, 0.05) is 19.8 Å². The third-order valence-corrected chi connectivity index (χ3v) is 2.18. The SMILES string of the molecule is CCOc1cccnc1N(C)CC(C)C#N. The van der Waals surface area contributed by atoms with Gasteiger partial charge < -0.3 is 9.64 Å². The molecule has 0 fully saturated rings. The Bertz CT molecular complexity index is 373. The maximum Gasteiger partial charge on any atom is 0.171 e. The van der Waals surface area contributed by atoms with Crippen molar-refractivity contribution < 1.29 is 4.74 Å². The first-order valence-corrected chi connectivity index (χ1v) is 5.37. The topological polar surface area (TPSA) is 49.1 Å². The Morgan fingerprint density at radius 2 is 2.38 bits per heavy atom. The summed E-state index contributed by atoms with van der Waals surface area (Å²) in [4.78, 5) is 6.22. The molecule has 1 atom stereocenters. The molecule has 1 aromatic heterocycles. The van der Waals surface area contributed by atoms with Gasteiger partial charge in [-0.3, -0.25) is 0 Å². The zero-order chi connectivity index (χ0) is 12.0. The normalized spacial score (nSPS) is 11.6. The van der Waals surface area contributed by atoms with Gasteiger partial charge in [-0.25, -0.2) is 4.98 Å². The van der Waals surface area contributed by atoms with Gasteiger partial charge in [-0.2, -0.15) is 5.26 Å². The zero-order valence-corrected chi connectivity index (χ0v) is 9.97. The van der Waals surface area contributed by atoms with Crippen LogP contribution >= 0.6 is 0 Å². The second kappa shape index (κ2) is 5.96. The molecule has 0 saturated heterocycles. The lowest BCUT2D eigenvalue weighted by Crippen LogP contribution is -2.24. The van der Waals surface area contributed by atoms with Gasteiger partial charge in [0.1, 0.15) is 0 Å². The van der Waals surface area contributed by atoms with Gasteiger partial charge in [0.15, 0.2) is 11.6 Å². The van der Waals surface area contributed by atoms with Crippen LogP contribution in [0.4, 0.5) is 5.82 Å². The first-order valence-electron chi connectivity index (χ1n) is 5.37. The van der Waals surface area contributed by atoms with Crippen LogP contribution < -0.4 is 9.64 Å². The molecule has 0 aliphatic heterocycles. The summed E-state index contributed by atoms with van der Waals surface area (Å²) in [6.45, 7) is 5.09. The van der Waals surface area contributed by atoms with Crippen LogP contribution in [0.5, 0.6) is 5.75 Å². The molecule has 1 unspecified atom stereocenters. The maximum atomic E-state index is 8.77. The molecule has 0 N–H and O–H groups in total. The Balaban J connectivity index is 2.82. The average molecular weight is 219 g/mol. The molecule has 0 aliphatic rings. The minimum Gasteiger partial charge on any atom is -0.490 e. The summed E-state index contributed by atoms with van der Waals surface area (Å²) in [5, 5.41) is 8.77. The molecular weight excluding hydrogens is 202 g/mol. The van der Waals surface area contributed by atoms with E-state index in [1.165, 1.54) is 0 Å². The van der Waals surface area contributed by atoms with Gasteiger partial charge >= 0.3 is 0 Å². The van der Waals surface area contributed by atoms with Gasteiger partial charge in [-0.05, 0) is 26.0 Å². The van der Waals surface area contributed by atoms with Crippen molar-refractivity contribution in [3.63, 3.8) is 0 Å². The molecule has 1 aromatic rings.